The zero-order chi connectivity index (χ0) is 9.97. The van der Waals surface area contributed by atoms with Crippen molar-refractivity contribution < 1.29 is 0 Å². The third-order valence-corrected chi connectivity index (χ3v) is 2.69. The Kier molecular flexibility index (Phi) is 2.66. The van der Waals surface area contributed by atoms with Crippen LogP contribution in [0.15, 0.2) is 12.4 Å². The molecule has 1 saturated carbocycles. The van der Waals surface area contributed by atoms with Gasteiger partial charge in [0.05, 0.1) is 0 Å². The van der Waals surface area contributed by atoms with Gasteiger partial charge in [-0.25, -0.2) is 9.97 Å². The van der Waals surface area contributed by atoms with Crippen LogP contribution in [0.25, 0.3) is 0 Å². The molecule has 1 aromatic heterocycles. The number of anilines is 1. The molecule has 0 spiro atoms. The van der Waals surface area contributed by atoms with Crippen molar-refractivity contribution in [3.8, 4) is 0 Å². The van der Waals surface area contributed by atoms with E-state index in [4.69, 9.17) is 0 Å². The van der Waals surface area contributed by atoms with Gasteiger partial charge in [0.25, 0.3) is 0 Å². The summed E-state index contributed by atoms with van der Waals surface area (Å²) in [6, 6.07) is 2.57. The number of nitrogens with zero attached hydrogens (tertiary/aromatic N) is 2. The molecule has 1 N–H and O–H groups in total. The molecule has 1 aliphatic rings. The third-order valence-electron chi connectivity index (χ3n) is 2.69. The van der Waals surface area contributed by atoms with Gasteiger partial charge < -0.3 is 5.32 Å². The summed E-state index contributed by atoms with van der Waals surface area (Å²) in [5.74, 6) is 1.67. The minimum Gasteiger partial charge on any atom is -0.368 e. The molecule has 1 aliphatic carbocycles. The summed E-state index contributed by atoms with van der Waals surface area (Å²) in [6.07, 6.45) is 5.36. The molecule has 3 nitrogen and oxygen atoms in total. The minimum atomic E-state index is 0.483. The van der Waals surface area contributed by atoms with Crippen LogP contribution in [-0.2, 0) is 0 Å². The van der Waals surface area contributed by atoms with Crippen molar-refractivity contribution in [3.63, 3.8) is 0 Å². The Morgan fingerprint density at radius 3 is 2.93 bits per heavy atom. The predicted octanol–water partition coefficient (Wildman–Crippen LogP) is 2.56. The van der Waals surface area contributed by atoms with E-state index in [-0.39, 0.29) is 0 Å². The molecule has 14 heavy (non-hydrogen) atoms. The van der Waals surface area contributed by atoms with Gasteiger partial charge in [-0.05, 0) is 26.2 Å². The molecule has 3 heteroatoms. The molecule has 1 fully saturated rings. The standard InChI is InChI=1S/C11H17N3/c1-3-8(2)14-11-6-10(9-4-5-9)12-7-13-11/h6-9H,3-5H2,1-2H3,(H,12,13,14). The minimum absolute atomic E-state index is 0.483. The quantitative estimate of drug-likeness (QED) is 0.794. The highest BCUT2D eigenvalue weighted by molar-refractivity contribution is 5.37. The van der Waals surface area contributed by atoms with Crippen LogP contribution in [0, 0.1) is 0 Å². The van der Waals surface area contributed by atoms with Crippen LogP contribution in [-0.4, -0.2) is 16.0 Å². The highest BCUT2D eigenvalue weighted by Gasteiger charge is 2.25. The number of aromatic nitrogens is 2. The van der Waals surface area contributed by atoms with Gasteiger partial charge in [0.1, 0.15) is 12.1 Å². The van der Waals surface area contributed by atoms with Gasteiger partial charge in [0.2, 0.25) is 0 Å². The molecule has 0 saturated heterocycles. The maximum Gasteiger partial charge on any atom is 0.129 e. The first kappa shape index (κ1) is 9.44. The molecule has 76 valence electrons. The fourth-order valence-electron chi connectivity index (χ4n) is 1.41. The van der Waals surface area contributed by atoms with E-state index in [0.717, 1.165) is 12.2 Å². The van der Waals surface area contributed by atoms with Crippen molar-refractivity contribution >= 4 is 5.82 Å². The van der Waals surface area contributed by atoms with E-state index in [1.807, 2.05) is 0 Å². The molecule has 1 unspecified atom stereocenters. The Labute approximate surface area is 85.0 Å². The molecule has 1 aromatic rings. The Morgan fingerprint density at radius 1 is 1.50 bits per heavy atom. The first-order valence-electron chi connectivity index (χ1n) is 5.38. The Morgan fingerprint density at radius 2 is 2.29 bits per heavy atom. The van der Waals surface area contributed by atoms with Gasteiger partial charge in [-0.3, -0.25) is 0 Å². The molecule has 2 rings (SSSR count). The molecule has 0 amide bonds. The number of rotatable bonds is 4. The van der Waals surface area contributed by atoms with Gasteiger partial charge in [0, 0.05) is 23.7 Å². The van der Waals surface area contributed by atoms with Crippen LogP contribution in [0.4, 0.5) is 5.82 Å². The van der Waals surface area contributed by atoms with E-state index in [1.54, 1.807) is 6.33 Å². The number of nitrogens with one attached hydrogen (secondary N) is 1. The Bertz CT molecular complexity index is 307. The highest BCUT2D eigenvalue weighted by atomic mass is 15.0. The monoisotopic (exact) mass is 191 g/mol. The van der Waals surface area contributed by atoms with Crippen LogP contribution in [0.2, 0.25) is 0 Å². The molecule has 0 aromatic carbocycles. The fraction of sp³-hybridized carbons (Fsp3) is 0.636. The van der Waals surface area contributed by atoms with Gasteiger partial charge in [-0.2, -0.15) is 0 Å². The van der Waals surface area contributed by atoms with E-state index < -0.39 is 0 Å². The van der Waals surface area contributed by atoms with E-state index in [1.165, 1.54) is 18.5 Å². The van der Waals surface area contributed by atoms with E-state index in [9.17, 15) is 0 Å². The van der Waals surface area contributed by atoms with Gasteiger partial charge in [0.15, 0.2) is 0 Å². The summed E-state index contributed by atoms with van der Waals surface area (Å²) >= 11 is 0. The second kappa shape index (κ2) is 3.95. The van der Waals surface area contributed by atoms with Crippen molar-refractivity contribution in [3.05, 3.63) is 18.1 Å². The fourth-order valence-corrected chi connectivity index (χ4v) is 1.41. The molecule has 0 bridgehead atoms. The Hall–Kier alpha value is -1.12. The van der Waals surface area contributed by atoms with Crippen molar-refractivity contribution in [1.82, 2.24) is 9.97 Å². The lowest BCUT2D eigenvalue weighted by Crippen LogP contribution is -2.14. The summed E-state index contributed by atoms with van der Waals surface area (Å²) in [5.41, 5.74) is 1.20. The Balaban J connectivity index is 2.05. The zero-order valence-corrected chi connectivity index (χ0v) is 8.83. The summed E-state index contributed by atoms with van der Waals surface area (Å²) in [5, 5.41) is 3.36. The number of hydrogen-bond acceptors (Lipinski definition) is 3. The lowest BCUT2D eigenvalue weighted by molar-refractivity contribution is 0.757. The second-order valence-electron chi connectivity index (χ2n) is 4.06. The smallest absolute Gasteiger partial charge is 0.129 e. The van der Waals surface area contributed by atoms with E-state index in [2.05, 4.69) is 35.2 Å². The van der Waals surface area contributed by atoms with Gasteiger partial charge in [-0.15, -0.1) is 0 Å². The third kappa shape index (κ3) is 2.22. The SMILES string of the molecule is CCC(C)Nc1cc(C2CC2)ncn1. The largest absolute Gasteiger partial charge is 0.368 e. The van der Waals surface area contributed by atoms with Crippen molar-refractivity contribution in [2.45, 2.75) is 45.1 Å². The summed E-state index contributed by atoms with van der Waals surface area (Å²) in [7, 11) is 0. The van der Waals surface area contributed by atoms with Crippen LogP contribution in [0.1, 0.15) is 44.7 Å². The maximum absolute atomic E-state index is 4.28. The number of hydrogen-bond donors (Lipinski definition) is 1. The summed E-state index contributed by atoms with van der Waals surface area (Å²) in [6.45, 7) is 4.33. The lowest BCUT2D eigenvalue weighted by Gasteiger charge is -2.12. The molecule has 0 aliphatic heterocycles. The average Bonchev–Trinajstić information content (AvgIpc) is 3.01. The average molecular weight is 191 g/mol. The molecule has 0 radical (unpaired) electrons. The molecular formula is C11H17N3. The van der Waals surface area contributed by atoms with Gasteiger partial charge in [-0.1, -0.05) is 6.92 Å². The normalized spacial score (nSPS) is 17.9. The molecule has 1 atom stereocenters. The first-order valence-corrected chi connectivity index (χ1v) is 5.38. The molecule has 1 heterocycles. The van der Waals surface area contributed by atoms with E-state index in [0.29, 0.717) is 12.0 Å². The topological polar surface area (TPSA) is 37.8 Å². The predicted molar refractivity (Wildman–Crippen MR) is 57.4 cm³/mol. The first-order chi connectivity index (χ1) is 6.79. The maximum atomic E-state index is 4.28. The van der Waals surface area contributed by atoms with E-state index >= 15 is 0 Å². The van der Waals surface area contributed by atoms with Crippen LogP contribution in [0.5, 0.6) is 0 Å². The van der Waals surface area contributed by atoms with Crippen molar-refractivity contribution in [2.75, 3.05) is 5.32 Å². The van der Waals surface area contributed by atoms with Crippen LogP contribution < -0.4 is 5.32 Å². The lowest BCUT2D eigenvalue weighted by atomic mass is 10.2. The van der Waals surface area contributed by atoms with Crippen LogP contribution in [0.3, 0.4) is 0 Å². The zero-order valence-electron chi connectivity index (χ0n) is 8.83. The van der Waals surface area contributed by atoms with Crippen molar-refractivity contribution in [2.24, 2.45) is 0 Å². The second-order valence-corrected chi connectivity index (χ2v) is 4.06. The summed E-state index contributed by atoms with van der Waals surface area (Å²) in [4.78, 5) is 8.50. The van der Waals surface area contributed by atoms with Crippen molar-refractivity contribution in [1.29, 1.82) is 0 Å². The van der Waals surface area contributed by atoms with Crippen LogP contribution >= 0.6 is 0 Å². The molecular weight excluding hydrogens is 174 g/mol. The summed E-state index contributed by atoms with van der Waals surface area (Å²) < 4.78 is 0. The van der Waals surface area contributed by atoms with Gasteiger partial charge >= 0.3 is 0 Å². The highest BCUT2D eigenvalue weighted by Crippen LogP contribution is 2.39.